The molecule has 2 aromatic carbocycles. The number of hydrogen-bond acceptors (Lipinski definition) is 5. The summed E-state index contributed by atoms with van der Waals surface area (Å²) >= 11 is 0. The Morgan fingerprint density at radius 2 is 1.39 bits per heavy atom. The fraction of sp³-hybridized carbons (Fsp3) is 0.357. The maximum atomic E-state index is 13.6. The molecule has 3 rings (SSSR count). The number of hydrogen-bond donors (Lipinski definition) is 6. The molecular weight excluding hydrogens is 486 g/mol. The Morgan fingerprint density at radius 3 is 2.05 bits per heavy atom. The lowest BCUT2D eigenvalue weighted by molar-refractivity contribution is -0.141. The third kappa shape index (κ3) is 7.42. The molecule has 3 amide bonds. The van der Waals surface area contributed by atoms with Crippen molar-refractivity contribution in [2.45, 2.75) is 57.8 Å². The van der Waals surface area contributed by atoms with E-state index in [0.29, 0.717) is 0 Å². The van der Waals surface area contributed by atoms with E-state index in [9.17, 15) is 24.3 Å². The van der Waals surface area contributed by atoms with E-state index >= 15 is 0 Å². The van der Waals surface area contributed by atoms with E-state index in [1.807, 2.05) is 44.2 Å². The van der Waals surface area contributed by atoms with Crippen LogP contribution in [0.5, 0.6) is 0 Å². The zero-order valence-electron chi connectivity index (χ0n) is 21.7. The molecule has 0 aliphatic carbocycles. The van der Waals surface area contributed by atoms with E-state index in [0.717, 1.165) is 22.0 Å². The zero-order chi connectivity index (χ0) is 27.8. The molecule has 202 valence electrons. The molecule has 0 radical (unpaired) electrons. The van der Waals surface area contributed by atoms with Gasteiger partial charge in [0, 0.05) is 29.9 Å². The van der Waals surface area contributed by atoms with Crippen LogP contribution >= 0.6 is 0 Å². The Bertz CT molecular complexity index is 1270. The minimum atomic E-state index is -1.20. The fourth-order valence-electron chi connectivity index (χ4n) is 4.01. The summed E-state index contributed by atoms with van der Waals surface area (Å²) in [6, 6.07) is 12.6. The average Bonchev–Trinajstić information content (AvgIpc) is 3.30. The first-order valence-electron chi connectivity index (χ1n) is 12.5. The summed E-state index contributed by atoms with van der Waals surface area (Å²) in [5.41, 5.74) is 8.50. The lowest BCUT2D eigenvalue weighted by atomic mass is 10.00. The van der Waals surface area contributed by atoms with Gasteiger partial charge in [-0.3, -0.25) is 19.2 Å². The van der Waals surface area contributed by atoms with Gasteiger partial charge in [-0.05, 0) is 30.0 Å². The van der Waals surface area contributed by atoms with E-state index in [1.165, 1.54) is 6.92 Å². The number of nitrogens with two attached hydrogens (primary N) is 1. The number of amides is 3. The van der Waals surface area contributed by atoms with Gasteiger partial charge in [0.15, 0.2) is 0 Å². The third-order valence-corrected chi connectivity index (χ3v) is 6.40. The standard InChI is InChI=1S/C28H35N5O5/c1-16(2)24(29)27(36)33-23(14-19-15-30-21-12-8-7-11-20(19)21)26(35)32-22(13-18-9-5-4-6-10-18)25(34)31-17(3)28(37)38/h4-12,15-17,22-24,30H,13-14,29H2,1-3H3,(H,31,34)(H,32,35)(H,33,36)(H,37,38). The molecule has 10 nitrogen and oxygen atoms in total. The lowest BCUT2D eigenvalue weighted by Crippen LogP contribution is -2.58. The summed E-state index contributed by atoms with van der Waals surface area (Å²) in [5.74, 6) is -3.06. The van der Waals surface area contributed by atoms with Crippen molar-refractivity contribution in [3.8, 4) is 0 Å². The number of carboxylic acids is 1. The van der Waals surface area contributed by atoms with Crippen LogP contribution in [0.3, 0.4) is 0 Å². The maximum absolute atomic E-state index is 13.6. The predicted molar refractivity (Wildman–Crippen MR) is 144 cm³/mol. The van der Waals surface area contributed by atoms with E-state index in [4.69, 9.17) is 5.73 Å². The lowest BCUT2D eigenvalue weighted by Gasteiger charge is -2.25. The van der Waals surface area contributed by atoms with Crippen LogP contribution in [0, 0.1) is 5.92 Å². The number of fused-ring (bicyclic) bond motifs is 1. The van der Waals surface area contributed by atoms with Gasteiger partial charge in [0.05, 0.1) is 6.04 Å². The largest absolute Gasteiger partial charge is 0.480 e. The molecule has 4 unspecified atom stereocenters. The Kier molecular flexibility index (Phi) is 9.61. The van der Waals surface area contributed by atoms with Crippen LogP contribution in [0.1, 0.15) is 31.9 Å². The normalized spacial score (nSPS) is 14.3. The number of aliphatic carboxylic acids is 1. The number of aromatic nitrogens is 1. The molecule has 38 heavy (non-hydrogen) atoms. The highest BCUT2D eigenvalue weighted by molar-refractivity contribution is 5.95. The van der Waals surface area contributed by atoms with Gasteiger partial charge in [-0.2, -0.15) is 0 Å². The maximum Gasteiger partial charge on any atom is 0.325 e. The third-order valence-electron chi connectivity index (χ3n) is 6.40. The highest BCUT2D eigenvalue weighted by Crippen LogP contribution is 2.19. The van der Waals surface area contributed by atoms with Crippen LogP contribution in [0.4, 0.5) is 0 Å². The van der Waals surface area contributed by atoms with E-state index < -0.39 is 47.9 Å². The molecular formula is C28H35N5O5. The minimum absolute atomic E-state index is 0.129. The zero-order valence-corrected chi connectivity index (χ0v) is 21.7. The highest BCUT2D eigenvalue weighted by Gasteiger charge is 2.30. The van der Waals surface area contributed by atoms with Crippen molar-refractivity contribution in [3.63, 3.8) is 0 Å². The Hall–Kier alpha value is -4.18. The number of aromatic amines is 1. The smallest absolute Gasteiger partial charge is 0.325 e. The fourth-order valence-corrected chi connectivity index (χ4v) is 4.01. The molecule has 1 heterocycles. The predicted octanol–water partition coefficient (Wildman–Crippen LogP) is 1.50. The summed E-state index contributed by atoms with van der Waals surface area (Å²) in [6.45, 7) is 4.96. The second-order valence-corrected chi connectivity index (χ2v) is 9.71. The average molecular weight is 522 g/mol. The van der Waals surface area contributed by atoms with Crippen molar-refractivity contribution in [2.24, 2.45) is 11.7 Å². The van der Waals surface area contributed by atoms with Crippen molar-refractivity contribution in [3.05, 3.63) is 71.9 Å². The van der Waals surface area contributed by atoms with Gasteiger partial charge in [0.1, 0.15) is 18.1 Å². The second kappa shape index (κ2) is 12.9. The first-order chi connectivity index (χ1) is 18.1. The van der Waals surface area contributed by atoms with Crippen LogP contribution < -0.4 is 21.7 Å². The molecule has 7 N–H and O–H groups in total. The molecule has 0 spiro atoms. The summed E-state index contributed by atoms with van der Waals surface area (Å²) in [6.07, 6.45) is 2.06. The summed E-state index contributed by atoms with van der Waals surface area (Å²) in [7, 11) is 0. The van der Waals surface area contributed by atoms with E-state index in [1.54, 1.807) is 30.5 Å². The Labute approximate surface area is 221 Å². The molecule has 0 saturated carbocycles. The van der Waals surface area contributed by atoms with Gasteiger partial charge in [-0.25, -0.2) is 0 Å². The molecule has 0 fully saturated rings. The summed E-state index contributed by atoms with van der Waals surface area (Å²) in [4.78, 5) is 53.9. The molecule has 10 heteroatoms. The topological polar surface area (TPSA) is 166 Å². The second-order valence-electron chi connectivity index (χ2n) is 9.71. The Morgan fingerprint density at radius 1 is 0.816 bits per heavy atom. The van der Waals surface area contributed by atoms with Gasteiger partial charge >= 0.3 is 5.97 Å². The van der Waals surface area contributed by atoms with Crippen LogP contribution in [-0.4, -0.2) is 57.9 Å². The molecule has 0 saturated heterocycles. The molecule has 4 atom stereocenters. The van der Waals surface area contributed by atoms with Gasteiger partial charge in [-0.15, -0.1) is 0 Å². The van der Waals surface area contributed by atoms with Crippen molar-refractivity contribution in [1.82, 2.24) is 20.9 Å². The number of rotatable bonds is 12. The number of H-pyrrole nitrogens is 1. The number of carboxylic acid groups (broad SMARTS) is 1. The molecule has 0 aliphatic heterocycles. The van der Waals surface area contributed by atoms with E-state index in [2.05, 4.69) is 20.9 Å². The van der Waals surface area contributed by atoms with Crippen LogP contribution in [0.25, 0.3) is 10.9 Å². The first kappa shape index (κ1) is 28.4. The van der Waals surface area contributed by atoms with Gasteiger partial charge in [0.25, 0.3) is 0 Å². The van der Waals surface area contributed by atoms with Crippen LogP contribution in [-0.2, 0) is 32.0 Å². The summed E-state index contributed by atoms with van der Waals surface area (Å²) < 4.78 is 0. The SMILES string of the molecule is CC(NC(=O)C(Cc1ccccc1)NC(=O)C(Cc1c[nH]c2ccccc12)NC(=O)C(N)C(C)C)C(=O)O. The summed E-state index contributed by atoms with van der Waals surface area (Å²) in [5, 5.41) is 18.0. The Balaban J connectivity index is 1.88. The number of carbonyl (C=O) groups is 4. The molecule has 0 aliphatic rings. The monoisotopic (exact) mass is 521 g/mol. The first-order valence-corrected chi connectivity index (χ1v) is 12.5. The number of benzene rings is 2. The number of carbonyl (C=O) groups excluding carboxylic acids is 3. The van der Waals surface area contributed by atoms with Crippen molar-refractivity contribution in [1.29, 1.82) is 0 Å². The van der Waals surface area contributed by atoms with Gasteiger partial charge < -0.3 is 31.8 Å². The van der Waals surface area contributed by atoms with E-state index in [-0.39, 0.29) is 18.8 Å². The van der Waals surface area contributed by atoms with Gasteiger partial charge in [0.2, 0.25) is 17.7 Å². The van der Waals surface area contributed by atoms with Crippen LogP contribution in [0.2, 0.25) is 0 Å². The van der Waals surface area contributed by atoms with Crippen molar-refractivity contribution >= 4 is 34.6 Å². The van der Waals surface area contributed by atoms with Crippen molar-refractivity contribution in [2.75, 3.05) is 0 Å². The minimum Gasteiger partial charge on any atom is -0.480 e. The molecule has 0 bridgehead atoms. The van der Waals surface area contributed by atoms with Crippen molar-refractivity contribution < 1.29 is 24.3 Å². The quantitative estimate of drug-likeness (QED) is 0.211. The molecule has 1 aromatic heterocycles. The number of para-hydroxylation sites is 1. The highest BCUT2D eigenvalue weighted by atomic mass is 16.4. The van der Waals surface area contributed by atoms with Gasteiger partial charge in [-0.1, -0.05) is 62.4 Å². The molecule has 3 aromatic rings. The number of nitrogens with one attached hydrogen (secondary N) is 4. The van der Waals surface area contributed by atoms with Crippen LogP contribution in [0.15, 0.2) is 60.8 Å².